The predicted octanol–water partition coefficient (Wildman–Crippen LogP) is 14.5. The average Bonchev–Trinajstić information content (AvgIpc) is 3.76. The first-order chi connectivity index (χ1) is 28.8. The maximum absolute atomic E-state index is 2.63. The van der Waals surface area contributed by atoms with E-state index < -0.39 is 10.8 Å². The van der Waals surface area contributed by atoms with E-state index in [0.29, 0.717) is 0 Å². The average molecular weight is 733 g/mol. The summed E-state index contributed by atoms with van der Waals surface area (Å²) in [6, 6.07) is 82.7. The largest absolute Gasteiger partial charge is 0.0714 e. The lowest BCUT2D eigenvalue weighted by molar-refractivity contribution is 0.759. The van der Waals surface area contributed by atoms with Gasteiger partial charge in [-0.2, -0.15) is 0 Å². The fourth-order valence-corrected chi connectivity index (χ4v) is 11.5. The molecule has 11 aromatic rings. The predicted molar refractivity (Wildman–Crippen MR) is 242 cm³/mol. The number of rotatable bonds is 4. The minimum absolute atomic E-state index is 0.541. The van der Waals surface area contributed by atoms with Gasteiger partial charge in [0, 0.05) is 0 Å². The third-order valence-corrected chi connectivity index (χ3v) is 13.7. The van der Waals surface area contributed by atoms with Gasteiger partial charge in [-0.15, -0.1) is 0 Å². The molecule has 0 aromatic heterocycles. The van der Waals surface area contributed by atoms with Crippen molar-refractivity contribution in [1.82, 2.24) is 0 Å². The van der Waals surface area contributed by atoms with E-state index in [9.17, 15) is 0 Å². The van der Waals surface area contributed by atoms with Crippen LogP contribution in [0.3, 0.4) is 0 Å². The second-order valence-corrected chi connectivity index (χ2v) is 16.3. The highest BCUT2D eigenvalue weighted by Crippen LogP contribution is 2.64. The van der Waals surface area contributed by atoms with Crippen LogP contribution in [0.4, 0.5) is 0 Å². The molecule has 2 aliphatic carbocycles. The Morgan fingerprint density at radius 1 is 0.241 bits per heavy atom. The normalized spacial score (nSPS) is 14.5. The maximum Gasteiger partial charge on any atom is 0.0714 e. The lowest BCUT2D eigenvalue weighted by atomic mass is 9.66. The monoisotopic (exact) mass is 732 g/mol. The minimum atomic E-state index is -0.567. The van der Waals surface area contributed by atoms with Crippen LogP contribution in [-0.4, -0.2) is 0 Å². The highest BCUT2D eigenvalue weighted by Gasteiger charge is 2.52. The molecule has 0 atom stereocenters. The van der Waals surface area contributed by atoms with Crippen molar-refractivity contribution in [3.8, 4) is 22.3 Å². The van der Waals surface area contributed by atoms with Gasteiger partial charge in [-0.1, -0.05) is 200 Å². The van der Waals surface area contributed by atoms with Gasteiger partial charge in [-0.3, -0.25) is 0 Å². The van der Waals surface area contributed by atoms with Gasteiger partial charge in [0.05, 0.1) is 10.8 Å². The van der Waals surface area contributed by atoms with E-state index in [1.807, 2.05) is 0 Å². The van der Waals surface area contributed by atoms with Gasteiger partial charge >= 0.3 is 0 Å². The zero-order chi connectivity index (χ0) is 38.0. The minimum Gasteiger partial charge on any atom is -0.0622 e. The van der Waals surface area contributed by atoms with E-state index in [2.05, 4.69) is 218 Å². The van der Waals surface area contributed by atoms with Crippen LogP contribution in [0, 0.1) is 0 Å². The van der Waals surface area contributed by atoms with E-state index in [1.54, 1.807) is 0 Å². The molecule has 0 saturated carbocycles. The van der Waals surface area contributed by atoms with Crippen LogP contribution < -0.4 is 0 Å². The summed E-state index contributed by atoms with van der Waals surface area (Å²) in [6.07, 6.45) is 0. The molecule has 0 radical (unpaired) electrons. The lowest BCUT2D eigenvalue weighted by Crippen LogP contribution is -2.30. The number of hydrogen-bond donors (Lipinski definition) is 0. The summed E-state index contributed by atoms with van der Waals surface area (Å²) in [4.78, 5) is 0. The summed E-state index contributed by atoms with van der Waals surface area (Å²) in [7, 11) is 0. The second kappa shape index (κ2) is 11.6. The van der Waals surface area contributed by atoms with Crippen LogP contribution in [-0.2, 0) is 10.8 Å². The maximum atomic E-state index is 2.63. The third kappa shape index (κ3) is 3.90. The molecule has 0 nitrogen and oxygen atoms in total. The second-order valence-electron chi connectivity index (χ2n) is 16.3. The molecule has 0 unspecified atom stereocenters. The number of fused-ring (bicyclic) bond motifs is 9. The third-order valence-electron chi connectivity index (χ3n) is 13.7. The summed E-state index contributed by atoms with van der Waals surface area (Å²) in [5.41, 5.74) is 14.7. The van der Waals surface area contributed by atoms with Crippen LogP contribution in [0.5, 0.6) is 0 Å². The Morgan fingerprint density at radius 3 is 1.24 bits per heavy atom. The van der Waals surface area contributed by atoms with E-state index >= 15 is 0 Å². The van der Waals surface area contributed by atoms with Crippen molar-refractivity contribution in [1.29, 1.82) is 0 Å². The SMILES string of the molecule is c1ccc(C2(c3ccccc3)c3cc4c(cc3-c3c2ccc2ccccc32)C(c2ccccc2)(c2ccccc2)c2cc3ccc5cccc6ccc(c2-4)c3c56)cc1. The zero-order valence-corrected chi connectivity index (χ0v) is 31.8. The van der Waals surface area contributed by atoms with Crippen molar-refractivity contribution in [2.45, 2.75) is 10.8 Å². The first kappa shape index (κ1) is 31.9. The standard InChI is InChI=1S/C58H36/c1-5-19-41(20-6-1)57(42-21-7-2-8-22-42)49-33-31-37-16-13-14-27-45(37)55(49)47-35-51-48(36-50(47)57)56-46-32-30-39-18-15-17-38-28-29-40(54(46)53(38)39)34-52(56)58(51,43-23-9-3-10-24-43)44-25-11-4-12-26-44/h1-36H. The Balaban J connectivity index is 1.28. The molecular formula is C58H36. The highest BCUT2D eigenvalue weighted by molar-refractivity contribution is 6.27. The number of benzene rings is 11. The van der Waals surface area contributed by atoms with E-state index in [0.717, 1.165) is 0 Å². The lowest BCUT2D eigenvalue weighted by Gasteiger charge is -2.35. The molecule has 2 aliphatic rings. The quantitative estimate of drug-likeness (QED) is 0.158. The van der Waals surface area contributed by atoms with Crippen molar-refractivity contribution < 1.29 is 0 Å². The molecule has 0 saturated heterocycles. The smallest absolute Gasteiger partial charge is 0.0622 e. The van der Waals surface area contributed by atoms with E-state index in [4.69, 9.17) is 0 Å². The fourth-order valence-electron chi connectivity index (χ4n) is 11.5. The van der Waals surface area contributed by atoms with Crippen LogP contribution in [0.1, 0.15) is 44.5 Å². The molecule has 11 aromatic carbocycles. The molecule has 0 bridgehead atoms. The van der Waals surface area contributed by atoms with E-state index in [-0.39, 0.29) is 0 Å². The van der Waals surface area contributed by atoms with Crippen LogP contribution in [0.25, 0.3) is 65.3 Å². The van der Waals surface area contributed by atoms with Gasteiger partial charge in [0.15, 0.2) is 0 Å². The molecule has 0 aliphatic heterocycles. The Hall–Kier alpha value is -7.28. The summed E-state index contributed by atoms with van der Waals surface area (Å²) >= 11 is 0. The molecule has 58 heavy (non-hydrogen) atoms. The van der Waals surface area contributed by atoms with Gasteiger partial charge in [0.1, 0.15) is 0 Å². The fraction of sp³-hybridized carbons (Fsp3) is 0.0345. The molecule has 0 spiro atoms. The first-order valence-electron chi connectivity index (χ1n) is 20.4. The van der Waals surface area contributed by atoms with Crippen molar-refractivity contribution in [2.75, 3.05) is 0 Å². The van der Waals surface area contributed by atoms with E-state index in [1.165, 1.54) is 110 Å². The highest BCUT2D eigenvalue weighted by atomic mass is 14.5. The van der Waals surface area contributed by atoms with Crippen LogP contribution in [0.15, 0.2) is 218 Å². The van der Waals surface area contributed by atoms with Gasteiger partial charge < -0.3 is 0 Å². The van der Waals surface area contributed by atoms with Crippen molar-refractivity contribution in [3.05, 3.63) is 263 Å². The first-order valence-corrected chi connectivity index (χ1v) is 20.4. The molecule has 0 heteroatoms. The molecule has 0 fully saturated rings. The summed E-state index contributed by atoms with van der Waals surface area (Å²) in [6.45, 7) is 0. The summed E-state index contributed by atoms with van der Waals surface area (Å²) in [5, 5.41) is 10.4. The molecule has 268 valence electrons. The zero-order valence-electron chi connectivity index (χ0n) is 31.8. The molecular weight excluding hydrogens is 697 g/mol. The van der Waals surface area contributed by atoms with Gasteiger partial charge in [-0.05, 0) is 128 Å². The molecule has 13 rings (SSSR count). The molecule has 0 amide bonds. The summed E-state index contributed by atoms with van der Waals surface area (Å²) in [5.74, 6) is 0. The molecule has 0 heterocycles. The van der Waals surface area contributed by atoms with Gasteiger partial charge in [-0.25, -0.2) is 0 Å². The topological polar surface area (TPSA) is 0 Å². The number of hydrogen-bond acceptors (Lipinski definition) is 0. The Kier molecular flexibility index (Phi) is 6.39. The van der Waals surface area contributed by atoms with Crippen molar-refractivity contribution in [3.63, 3.8) is 0 Å². The van der Waals surface area contributed by atoms with Crippen LogP contribution >= 0.6 is 0 Å². The van der Waals surface area contributed by atoms with Gasteiger partial charge in [0.25, 0.3) is 0 Å². The summed E-state index contributed by atoms with van der Waals surface area (Å²) < 4.78 is 0. The van der Waals surface area contributed by atoms with Crippen molar-refractivity contribution >= 4 is 43.1 Å². The Bertz CT molecular complexity index is 3320. The Labute approximate surface area is 337 Å². The van der Waals surface area contributed by atoms with Crippen LogP contribution in [0.2, 0.25) is 0 Å². The van der Waals surface area contributed by atoms with Gasteiger partial charge in [0.2, 0.25) is 0 Å². The Morgan fingerprint density at radius 2 is 0.672 bits per heavy atom. The van der Waals surface area contributed by atoms with Crippen molar-refractivity contribution in [2.24, 2.45) is 0 Å². The molecule has 0 N–H and O–H groups in total.